The first-order valence-electron chi connectivity index (χ1n) is 3.30. The topological polar surface area (TPSA) is 40.5 Å². The predicted molar refractivity (Wildman–Crippen MR) is 45.2 cm³/mol. The molecule has 0 aromatic rings. The molecular formula is C7H16O2S. The first kappa shape index (κ1) is 10.3. The molecule has 0 aromatic heterocycles. The van der Waals surface area contributed by atoms with Gasteiger partial charge in [-0.25, -0.2) is 0 Å². The summed E-state index contributed by atoms with van der Waals surface area (Å²) in [5.41, 5.74) is -0.977. The minimum atomic E-state index is -0.799. The van der Waals surface area contributed by atoms with E-state index in [2.05, 4.69) is 0 Å². The molecular weight excluding hydrogens is 148 g/mol. The lowest BCUT2D eigenvalue weighted by atomic mass is 9.79. The summed E-state index contributed by atoms with van der Waals surface area (Å²) in [6.07, 6.45) is 0. The second-order valence-corrected chi connectivity index (χ2v) is 4.34. The fourth-order valence-electron chi connectivity index (χ4n) is 0.342. The Morgan fingerprint density at radius 2 is 1.60 bits per heavy atom. The molecule has 1 unspecified atom stereocenters. The van der Waals surface area contributed by atoms with E-state index in [0.29, 0.717) is 17.8 Å². The van der Waals surface area contributed by atoms with Gasteiger partial charge >= 0.3 is 0 Å². The van der Waals surface area contributed by atoms with E-state index in [1.807, 2.05) is 20.8 Å². The lowest BCUT2D eigenvalue weighted by molar-refractivity contribution is -0.0199. The molecule has 0 spiro atoms. The van der Waals surface area contributed by atoms with Crippen molar-refractivity contribution in [2.45, 2.75) is 33.3 Å². The highest BCUT2D eigenvalue weighted by atomic mass is 32.2. The highest BCUT2D eigenvalue weighted by molar-refractivity contribution is 7.93. The van der Waals surface area contributed by atoms with Crippen LogP contribution in [0.3, 0.4) is 0 Å². The zero-order chi connectivity index (χ0) is 8.41. The summed E-state index contributed by atoms with van der Waals surface area (Å²) in [7, 11) is 0. The first-order chi connectivity index (χ1) is 4.31. The Morgan fingerprint density at radius 3 is 1.70 bits per heavy atom. The van der Waals surface area contributed by atoms with Gasteiger partial charge in [-0.15, -0.1) is 0 Å². The van der Waals surface area contributed by atoms with E-state index in [0.717, 1.165) is 0 Å². The summed E-state index contributed by atoms with van der Waals surface area (Å²) in [6, 6.07) is 0. The molecule has 0 fully saturated rings. The monoisotopic (exact) mass is 164 g/mol. The van der Waals surface area contributed by atoms with E-state index >= 15 is 0 Å². The third-order valence-electron chi connectivity index (χ3n) is 1.96. The molecule has 62 valence electrons. The van der Waals surface area contributed by atoms with Gasteiger partial charge in [0.2, 0.25) is 0 Å². The minimum Gasteiger partial charge on any atom is -0.389 e. The van der Waals surface area contributed by atoms with Crippen LogP contribution in [0.25, 0.3) is 0 Å². The van der Waals surface area contributed by atoms with Gasteiger partial charge in [0.05, 0.1) is 5.60 Å². The van der Waals surface area contributed by atoms with Gasteiger partial charge in [0, 0.05) is 5.75 Å². The van der Waals surface area contributed by atoms with Crippen molar-refractivity contribution in [1.82, 2.24) is 0 Å². The van der Waals surface area contributed by atoms with E-state index in [1.54, 1.807) is 6.92 Å². The molecule has 0 radical (unpaired) electrons. The fourth-order valence-corrected chi connectivity index (χ4v) is 1.03. The van der Waals surface area contributed by atoms with E-state index in [-0.39, 0.29) is 5.41 Å². The smallest absolute Gasteiger partial charge is 0.0779 e. The summed E-state index contributed by atoms with van der Waals surface area (Å²) in [5.74, 6) is 0.358. The van der Waals surface area contributed by atoms with Crippen molar-refractivity contribution in [3.05, 3.63) is 0 Å². The molecule has 0 saturated carbocycles. The van der Waals surface area contributed by atoms with Crippen LogP contribution in [0.5, 0.6) is 0 Å². The Morgan fingerprint density at radius 1 is 1.20 bits per heavy atom. The van der Waals surface area contributed by atoms with Gasteiger partial charge in [-0.2, -0.15) is 0 Å². The van der Waals surface area contributed by atoms with Crippen molar-refractivity contribution in [3.63, 3.8) is 0 Å². The second kappa shape index (κ2) is 3.11. The normalized spacial score (nSPS) is 18.6. The van der Waals surface area contributed by atoms with Crippen LogP contribution >= 0.6 is 12.0 Å². The van der Waals surface area contributed by atoms with Crippen molar-refractivity contribution >= 4 is 12.0 Å². The van der Waals surface area contributed by atoms with Gasteiger partial charge in [-0.1, -0.05) is 20.8 Å². The molecule has 0 aliphatic heterocycles. The molecule has 0 rings (SSSR count). The highest BCUT2D eigenvalue weighted by Gasteiger charge is 2.34. The van der Waals surface area contributed by atoms with E-state index < -0.39 is 5.60 Å². The van der Waals surface area contributed by atoms with Gasteiger partial charge in [-0.05, 0) is 24.4 Å². The van der Waals surface area contributed by atoms with Crippen LogP contribution in [0.4, 0.5) is 0 Å². The molecule has 0 aliphatic carbocycles. The molecule has 0 heterocycles. The van der Waals surface area contributed by atoms with Crippen LogP contribution in [0, 0.1) is 5.41 Å². The lowest BCUT2D eigenvalue weighted by Gasteiger charge is -2.35. The number of hydrogen-bond donors (Lipinski definition) is 2. The quantitative estimate of drug-likeness (QED) is 0.613. The van der Waals surface area contributed by atoms with E-state index in [9.17, 15) is 5.11 Å². The number of aliphatic hydroxyl groups is 1. The van der Waals surface area contributed by atoms with Crippen molar-refractivity contribution in [2.24, 2.45) is 5.41 Å². The van der Waals surface area contributed by atoms with Crippen molar-refractivity contribution in [1.29, 1.82) is 0 Å². The van der Waals surface area contributed by atoms with Crippen LogP contribution in [-0.4, -0.2) is 21.0 Å². The molecule has 0 amide bonds. The number of rotatable bonds is 2. The second-order valence-electron chi connectivity index (χ2n) is 3.80. The molecule has 10 heavy (non-hydrogen) atoms. The SMILES string of the molecule is CC(C)(C)C(C)(O)CSO. The largest absolute Gasteiger partial charge is 0.389 e. The van der Waals surface area contributed by atoms with Crippen molar-refractivity contribution < 1.29 is 9.66 Å². The Hall–Kier alpha value is 0.270. The van der Waals surface area contributed by atoms with Crippen LogP contribution in [0.2, 0.25) is 0 Å². The summed E-state index contributed by atoms with van der Waals surface area (Å²) < 4.78 is 8.52. The molecule has 2 N–H and O–H groups in total. The highest BCUT2D eigenvalue weighted by Crippen LogP contribution is 2.31. The zero-order valence-electron chi connectivity index (χ0n) is 7.01. The Bertz CT molecular complexity index is 105. The average Bonchev–Trinajstić information content (AvgIpc) is 1.61. The molecule has 0 aliphatic rings. The molecule has 2 nitrogen and oxygen atoms in total. The first-order valence-corrected chi connectivity index (χ1v) is 4.24. The predicted octanol–water partition coefficient (Wildman–Crippen LogP) is 1.99. The molecule has 0 aromatic carbocycles. The van der Waals surface area contributed by atoms with E-state index in [1.165, 1.54) is 0 Å². The maximum atomic E-state index is 9.67. The Balaban J connectivity index is 4.10. The summed E-state index contributed by atoms with van der Waals surface area (Å²) >= 11 is 0.685. The third-order valence-corrected chi connectivity index (χ3v) is 2.65. The zero-order valence-corrected chi connectivity index (χ0v) is 7.83. The van der Waals surface area contributed by atoms with E-state index in [4.69, 9.17) is 4.55 Å². The van der Waals surface area contributed by atoms with Crippen LogP contribution in [-0.2, 0) is 0 Å². The Kier molecular flexibility index (Phi) is 3.20. The maximum Gasteiger partial charge on any atom is 0.0779 e. The molecule has 1 atom stereocenters. The summed E-state index contributed by atoms with van der Waals surface area (Å²) in [6.45, 7) is 7.58. The van der Waals surface area contributed by atoms with Gasteiger partial charge in [0.15, 0.2) is 0 Å². The Labute approximate surface area is 66.8 Å². The molecule has 3 heteroatoms. The molecule has 0 saturated heterocycles. The lowest BCUT2D eigenvalue weighted by Crippen LogP contribution is -2.42. The minimum absolute atomic E-state index is 0.178. The maximum absolute atomic E-state index is 9.67. The standard InChI is InChI=1S/C7H16O2S/c1-6(2,3)7(4,8)5-10-9/h8-9H,5H2,1-4H3. The third kappa shape index (κ3) is 2.48. The van der Waals surface area contributed by atoms with Crippen molar-refractivity contribution in [2.75, 3.05) is 5.75 Å². The molecule has 0 bridgehead atoms. The van der Waals surface area contributed by atoms with Crippen LogP contribution < -0.4 is 0 Å². The fraction of sp³-hybridized carbons (Fsp3) is 1.00. The van der Waals surface area contributed by atoms with Gasteiger partial charge in [0.1, 0.15) is 0 Å². The van der Waals surface area contributed by atoms with Gasteiger partial charge < -0.3 is 9.66 Å². The van der Waals surface area contributed by atoms with Crippen LogP contribution in [0.15, 0.2) is 0 Å². The van der Waals surface area contributed by atoms with Crippen LogP contribution in [0.1, 0.15) is 27.7 Å². The van der Waals surface area contributed by atoms with Crippen molar-refractivity contribution in [3.8, 4) is 0 Å². The van der Waals surface area contributed by atoms with Gasteiger partial charge in [-0.3, -0.25) is 0 Å². The summed E-state index contributed by atoms with van der Waals surface area (Å²) in [5, 5.41) is 9.67. The average molecular weight is 164 g/mol. The summed E-state index contributed by atoms with van der Waals surface area (Å²) in [4.78, 5) is 0. The van der Waals surface area contributed by atoms with Gasteiger partial charge in [0.25, 0.3) is 0 Å². The number of hydrogen-bond acceptors (Lipinski definition) is 3.